The van der Waals surface area contributed by atoms with E-state index in [4.69, 9.17) is 9.47 Å². The molecule has 1 amide bonds. The number of ether oxygens (including phenoxy) is 2. The summed E-state index contributed by atoms with van der Waals surface area (Å²) in [5.41, 5.74) is 0.537. The van der Waals surface area contributed by atoms with E-state index in [2.05, 4.69) is 15.1 Å². The Morgan fingerprint density at radius 1 is 1.25 bits per heavy atom. The topological polar surface area (TPSA) is 82.4 Å². The number of hydrogen-bond donors (Lipinski definition) is 0. The Balaban J connectivity index is 1.46. The highest BCUT2D eigenvalue weighted by Gasteiger charge is 2.30. The van der Waals surface area contributed by atoms with Crippen molar-refractivity contribution in [1.82, 2.24) is 24.6 Å². The van der Waals surface area contributed by atoms with Gasteiger partial charge in [0.05, 0.1) is 25.5 Å². The first kappa shape index (κ1) is 14.9. The third kappa shape index (κ3) is 2.91. The highest BCUT2D eigenvalue weighted by atomic mass is 16.5. The van der Waals surface area contributed by atoms with Gasteiger partial charge in [-0.3, -0.25) is 9.78 Å². The Kier molecular flexibility index (Phi) is 4.02. The molecule has 0 aliphatic carbocycles. The zero-order valence-corrected chi connectivity index (χ0v) is 13.3. The molecule has 1 unspecified atom stereocenters. The third-order valence-electron chi connectivity index (χ3n) is 4.27. The number of aromatic nitrogens is 4. The maximum absolute atomic E-state index is 12.8. The number of likely N-dealkylation sites (tertiary alicyclic amines) is 1. The van der Waals surface area contributed by atoms with E-state index in [-0.39, 0.29) is 12.0 Å². The molecule has 0 N–H and O–H groups in total. The van der Waals surface area contributed by atoms with Crippen molar-refractivity contribution < 1.29 is 14.3 Å². The Bertz CT molecular complexity index is 718. The maximum atomic E-state index is 12.8. The maximum Gasteiger partial charge on any atom is 0.261 e. The molecule has 2 aliphatic heterocycles. The smallest absolute Gasteiger partial charge is 0.261 e. The van der Waals surface area contributed by atoms with Crippen molar-refractivity contribution in [3.8, 4) is 11.8 Å². The van der Waals surface area contributed by atoms with Crippen molar-refractivity contribution in [2.24, 2.45) is 0 Å². The summed E-state index contributed by atoms with van der Waals surface area (Å²) in [5.74, 6) is 1.02. The average molecular weight is 329 g/mol. The van der Waals surface area contributed by atoms with E-state index in [1.165, 1.54) is 0 Å². The predicted octanol–water partition coefficient (Wildman–Crippen LogP) is 1.14. The second-order valence-corrected chi connectivity index (χ2v) is 5.97. The van der Waals surface area contributed by atoms with E-state index in [1.807, 2.05) is 0 Å². The van der Waals surface area contributed by atoms with Crippen molar-refractivity contribution in [3.63, 3.8) is 0 Å². The predicted molar refractivity (Wildman–Crippen MR) is 83.9 cm³/mol. The van der Waals surface area contributed by atoms with E-state index in [0.29, 0.717) is 37.0 Å². The second-order valence-electron chi connectivity index (χ2n) is 5.97. The van der Waals surface area contributed by atoms with E-state index in [0.717, 1.165) is 25.8 Å². The van der Waals surface area contributed by atoms with Gasteiger partial charge in [-0.2, -0.15) is 5.10 Å². The molecule has 24 heavy (non-hydrogen) atoms. The van der Waals surface area contributed by atoms with Gasteiger partial charge in [0.1, 0.15) is 11.7 Å². The number of fused-ring (bicyclic) bond motifs is 1. The first-order valence-corrected chi connectivity index (χ1v) is 8.22. The molecule has 8 nitrogen and oxygen atoms in total. The zero-order valence-electron chi connectivity index (χ0n) is 13.3. The van der Waals surface area contributed by atoms with Crippen LogP contribution in [0, 0.1) is 0 Å². The summed E-state index contributed by atoms with van der Waals surface area (Å²) in [6.07, 6.45) is 9.01. The number of nitrogens with zero attached hydrogens (tertiary/aromatic N) is 5. The Labute approximate surface area is 139 Å². The molecule has 1 saturated heterocycles. The highest BCUT2D eigenvalue weighted by molar-refractivity contribution is 5.96. The lowest BCUT2D eigenvalue weighted by Crippen LogP contribution is -2.44. The largest absolute Gasteiger partial charge is 0.477 e. The molecule has 0 aromatic carbocycles. The number of carbonyl (C=O) groups excluding carboxylic acids is 1. The van der Waals surface area contributed by atoms with Crippen LogP contribution in [0.25, 0.3) is 0 Å². The van der Waals surface area contributed by atoms with Crippen LogP contribution >= 0.6 is 0 Å². The first-order valence-electron chi connectivity index (χ1n) is 8.22. The summed E-state index contributed by atoms with van der Waals surface area (Å²) >= 11 is 0. The Hall–Kier alpha value is -2.64. The number of hydrogen-bond acceptors (Lipinski definition) is 6. The molecule has 8 heteroatoms. The van der Waals surface area contributed by atoms with Crippen molar-refractivity contribution in [2.45, 2.75) is 31.9 Å². The van der Waals surface area contributed by atoms with Gasteiger partial charge in [0.2, 0.25) is 11.8 Å². The molecule has 2 aromatic heterocycles. The molecule has 126 valence electrons. The van der Waals surface area contributed by atoms with Gasteiger partial charge in [0.25, 0.3) is 5.91 Å². The number of piperidine rings is 1. The molecular formula is C16H19N5O3. The summed E-state index contributed by atoms with van der Waals surface area (Å²) < 4.78 is 13.2. The first-order chi connectivity index (χ1) is 11.8. The van der Waals surface area contributed by atoms with Gasteiger partial charge in [0.15, 0.2) is 0 Å². The Morgan fingerprint density at radius 3 is 3.08 bits per heavy atom. The van der Waals surface area contributed by atoms with Crippen molar-refractivity contribution in [1.29, 1.82) is 0 Å². The summed E-state index contributed by atoms with van der Waals surface area (Å²) in [7, 11) is 0. The fourth-order valence-electron chi connectivity index (χ4n) is 3.12. The summed E-state index contributed by atoms with van der Waals surface area (Å²) in [6.45, 7) is 2.66. The van der Waals surface area contributed by atoms with Gasteiger partial charge in [-0.1, -0.05) is 0 Å². The lowest BCUT2D eigenvalue weighted by atomic mass is 10.1. The normalized spacial score (nSPS) is 20.2. The SMILES string of the molecule is O=C(c1cnn2c1OCCC2)N1CCCC(Oc2cnccn2)C1. The Morgan fingerprint density at radius 2 is 2.21 bits per heavy atom. The van der Waals surface area contributed by atoms with Crippen LogP contribution in [0.2, 0.25) is 0 Å². The van der Waals surface area contributed by atoms with Gasteiger partial charge in [-0.25, -0.2) is 9.67 Å². The molecular weight excluding hydrogens is 310 g/mol. The average Bonchev–Trinajstić information content (AvgIpc) is 3.06. The highest BCUT2D eigenvalue weighted by Crippen LogP contribution is 2.25. The van der Waals surface area contributed by atoms with Crippen molar-refractivity contribution in [2.75, 3.05) is 19.7 Å². The number of aryl methyl sites for hydroxylation is 1. The van der Waals surface area contributed by atoms with Crippen LogP contribution in [0.15, 0.2) is 24.8 Å². The van der Waals surface area contributed by atoms with Crippen LogP contribution in [0.5, 0.6) is 11.8 Å². The fraction of sp³-hybridized carbons (Fsp3) is 0.500. The standard InChI is InChI=1S/C16H19N5O3/c22-15(13-9-19-21-7-2-8-23-16(13)21)20-6-1-3-12(11-20)24-14-10-17-4-5-18-14/h4-5,9-10,12H,1-3,6-8,11H2. The molecule has 0 radical (unpaired) electrons. The van der Waals surface area contributed by atoms with Gasteiger partial charge < -0.3 is 14.4 Å². The summed E-state index contributed by atoms with van der Waals surface area (Å²) in [5, 5.41) is 4.25. The molecule has 4 rings (SSSR count). The third-order valence-corrected chi connectivity index (χ3v) is 4.27. The van der Waals surface area contributed by atoms with Crippen LogP contribution in [-0.2, 0) is 6.54 Å². The lowest BCUT2D eigenvalue weighted by molar-refractivity contribution is 0.0521. The molecule has 0 bridgehead atoms. The summed E-state index contributed by atoms with van der Waals surface area (Å²) in [4.78, 5) is 22.8. The van der Waals surface area contributed by atoms with Gasteiger partial charge in [-0.05, 0) is 12.8 Å². The number of carbonyl (C=O) groups is 1. The van der Waals surface area contributed by atoms with E-state index >= 15 is 0 Å². The van der Waals surface area contributed by atoms with Gasteiger partial charge in [0, 0.05) is 31.9 Å². The van der Waals surface area contributed by atoms with E-state index < -0.39 is 0 Å². The molecule has 0 saturated carbocycles. The number of rotatable bonds is 3. The lowest BCUT2D eigenvalue weighted by Gasteiger charge is -2.32. The molecule has 2 aromatic rings. The monoisotopic (exact) mass is 329 g/mol. The molecule has 0 spiro atoms. The van der Waals surface area contributed by atoms with Crippen LogP contribution in [0.3, 0.4) is 0 Å². The van der Waals surface area contributed by atoms with Gasteiger partial charge >= 0.3 is 0 Å². The molecule has 2 aliphatic rings. The fourth-order valence-corrected chi connectivity index (χ4v) is 3.12. The second kappa shape index (κ2) is 6.46. The zero-order chi connectivity index (χ0) is 16.4. The molecule has 4 heterocycles. The number of amides is 1. The minimum atomic E-state index is -0.0771. The van der Waals surface area contributed by atoms with Crippen LogP contribution in [0.4, 0.5) is 0 Å². The summed E-state index contributed by atoms with van der Waals surface area (Å²) in [6, 6.07) is 0. The molecule has 1 fully saturated rings. The van der Waals surface area contributed by atoms with Crippen molar-refractivity contribution in [3.05, 3.63) is 30.4 Å². The van der Waals surface area contributed by atoms with Crippen molar-refractivity contribution >= 4 is 5.91 Å². The van der Waals surface area contributed by atoms with Gasteiger partial charge in [-0.15, -0.1) is 0 Å². The quantitative estimate of drug-likeness (QED) is 0.840. The minimum Gasteiger partial charge on any atom is -0.477 e. The van der Waals surface area contributed by atoms with Crippen LogP contribution in [0.1, 0.15) is 29.6 Å². The van der Waals surface area contributed by atoms with E-state index in [9.17, 15) is 4.79 Å². The minimum absolute atomic E-state index is 0.0504. The van der Waals surface area contributed by atoms with E-state index in [1.54, 1.807) is 34.4 Å². The molecule has 1 atom stereocenters. The van der Waals surface area contributed by atoms with Crippen LogP contribution in [-0.4, -0.2) is 56.4 Å². The van der Waals surface area contributed by atoms with Crippen LogP contribution < -0.4 is 9.47 Å².